The molecule has 1 aromatic carbocycles. The molecule has 0 spiro atoms. The van der Waals surface area contributed by atoms with E-state index in [9.17, 15) is 14.4 Å². The second-order valence-corrected chi connectivity index (χ2v) is 6.19. The number of aromatic nitrogens is 3. The zero-order valence-electron chi connectivity index (χ0n) is 14.4. The summed E-state index contributed by atoms with van der Waals surface area (Å²) < 4.78 is 6.74. The minimum atomic E-state index is -0.650. The highest BCUT2D eigenvalue weighted by molar-refractivity contribution is 6.03. The van der Waals surface area contributed by atoms with Gasteiger partial charge in [0.2, 0.25) is 5.56 Å². The van der Waals surface area contributed by atoms with Crippen molar-refractivity contribution >= 4 is 22.5 Å². The Balaban J connectivity index is 1.64. The van der Waals surface area contributed by atoms with Crippen LogP contribution in [-0.4, -0.2) is 20.3 Å². The number of carbonyl (C=O) groups excluding carboxylic acids is 1. The number of aromatic amines is 1. The smallest absolute Gasteiger partial charge is 0.339 e. The number of hydrogen-bond acceptors (Lipinski definition) is 5. The van der Waals surface area contributed by atoms with Crippen LogP contribution >= 0.6 is 0 Å². The molecular weight excluding hydrogens is 346 g/mol. The molecule has 0 aliphatic heterocycles. The first-order valence-electron chi connectivity index (χ1n) is 8.29. The first-order chi connectivity index (χ1) is 13.0. The summed E-state index contributed by atoms with van der Waals surface area (Å²) in [6.07, 6.45) is 1.70. The Morgan fingerprint density at radius 1 is 1.15 bits per heavy atom. The third-order valence-corrected chi connectivity index (χ3v) is 4.18. The predicted octanol–water partition coefficient (Wildman–Crippen LogP) is 2.20. The summed E-state index contributed by atoms with van der Waals surface area (Å²) in [6, 6.07) is 13.1. The molecule has 0 saturated heterocycles. The first-order valence-corrected chi connectivity index (χ1v) is 8.29. The second-order valence-electron chi connectivity index (χ2n) is 6.19. The molecule has 27 heavy (non-hydrogen) atoms. The van der Waals surface area contributed by atoms with Crippen molar-refractivity contribution in [3.05, 3.63) is 92.3 Å². The van der Waals surface area contributed by atoms with E-state index < -0.39 is 11.5 Å². The fraction of sp³-hybridized carbons (Fsp3) is 0.100. The number of rotatable bonds is 3. The van der Waals surface area contributed by atoms with Gasteiger partial charge in [0.25, 0.3) is 5.56 Å². The quantitative estimate of drug-likeness (QED) is 0.565. The molecule has 0 saturated carbocycles. The monoisotopic (exact) mass is 361 g/mol. The predicted molar refractivity (Wildman–Crippen MR) is 99.9 cm³/mol. The summed E-state index contributed by atoms with van der Waals surface area (Å²) in [5.41, 5.74) is 1.82. The van der Waals surface area contributed by atoms with Crippen LogP contribution in [0, 0.1) is 6.92 Å². The molecule has 1 N–H and O–H groups in total. The Kier molecular flexibility index (Phi) is 4.04. The van der Waals surface area contributed by atoms with Crippen LogP contribution in [-0.2, 0) is 11.3 Å². The van der Waals surface area contributed by atoms with E-state index in [0.29, 0.717) is 22.2 Å². The second kappa shape index (κ2) is 6.53. The van der Waals surface area contributed by atoms with Gasteiger partial charge in [-0.1, -0.05) is 24.3 Å². The zero-order valence-corrected chi connectivity index (χ0v) is 14.4. The van der Waals surface area contributed by atoms with Crippen molar-refractivity contribution in [2.75, 3.05) is 0 Å². The van der Waals surface area contributed by atoms with Gasteiger partial charge in [-0.25, -0.2) is 9.78 Å². The number of fused-ring (bicyclic) bond motifs is 2. The molecule has 0 fully saturated rings. The van der Waals surface area contributed by atoms with E-state index in [2.05, 4.69) is 9.97 Å². The van der Waals surface area contributed by atoms with Crippen molar-refractivity contribution in [1.29, 1.82) is 0 Å². The number of nitrogens with one attached hydrogen (secondary N) is 1. The van der Waals surface area contributed by atoms with Crippen molar-refractivity contribution in [3.63, 3.8) is 0 Å². The lowest BCUT2D eigenvalue weighted by atomic mass is 10.1. The summed E-state index contributed by atoms with van der Waals surface area (Å²) >= 11 is 0. The van der Waals surface area contributed by atoms with Crippen molar-refractivity contribution < 1.29 is 9.53 Å². The summed E-state index contributed by atoms with van der Waals surface area (Å²) in [5.74, 6) is -0.650. The number of esters is 1. The van der Waals surface area contributed by atoms with Crippen LogP contribution in [0.3, 0.4) is 0 Å². The van der Waals surface area contributed by atoms with Crippen LogP contribution in [0.2, 0.25) is 0 Å². The van der Waals surface area contributed by atoms with Gasteiger partial charge in [-0.15, -0.1) is 0 Å². The molecule has 4 rings (SSSR count). The molecule has 7 heteroatoms. The molecule has 7 nitrogen and oxygen atoms in total. The number of carbonyl (C=O) groups is 1. The highest BCUT2D eigenvalue weighted by Crippen LogP contribution is 2.16. The molecule has 0 atom stereocenters. The Hall–Kier alpha value is -3.74. The van der Waals surface area contributed by atoms with Crippen LogP contribution in [0.25, 0.3) is 16.6 Å². The van der Waals surface area contributed by atoms with Crippen LogP contribution in [0.15, 0.2) is 64.3 Å². The zero-order chi connectivity index (χ0) is 19.0. The minimum absolute atomic E-state index is 0.167. The molecule has 0 radical (unpaired) electrons. The molecular formula is C20H15N3O4. The van der Waals surface area contributed by atoms with Gasteiger partial charge in [-0.2, -0.15) is 0 Å². The van der Waals surface area contributed by atoms with Gasteiger partial charge < -0.3 is 9.72 Å². The van der Waals surface area contributed by atoms with Crippen molar-refractivity contribution in [2.45, 2.75) is 13.5 Å². The van der Waals surface area contributed by atoms with Crippen LogP contribution in [0.5, 0.6) is 0 Å². The summed E-state index contributed by atoms with van der Waals surface area (Å²) in [4.78, 5) is 43.5. The van der Waals surface area contributed by atoms with E-state index in [-0.39, 0.29) is 17.7 Å². The molecule has 0 unspecified atom stereocenters. The van der Waals surface area contributed by atoms with Crippen molar-refractivity contribution in [1.82, 2.24) is 14.4 Å². The van der Waals surface area contributed by atoms with Crippen LogP contribution < -0.4 is 11.1 Å². The van der Waals surface area contributed by atoms with Crippen LogP contribution in [0.1, 0.15) is 21.6 Å². The molecule has 134 valence electrons. The van der Waals surface area contributed by atoms with E-state index in [1.54, 1.807) is 36.5 Å². The Morgan fingerprint density at radius 3 is 2.81 bits per heavy atom. The normalized spacial score (nSPS) is 11.0. The molecule has 0 aliphatic carbocycles. The number of nitrogens with zero attached hydrogens (tertiary/aromatic N) is 2. The maximum absolute atomic E-state index is 12.5. The summed E-state index contributed by atoms with van der Waals surface area (Å²) in [7, 11) is 0. The molecule has 0 aliphatic rings. The number of pyridine rings is 2. The SMILES string of the molecule is Cc1ccc2nc(COC(=O)c3cc(=O)[nH]c4ccccc34)cc(=O)n2c1. The lowest BCUT2D eigenvalue weighted by molar-refractivity contribution is 0.0470. The average Bonchev–Trinajstić information content (AvgIpc) is 2.66. The van der Waals surface area contributed by atoms with Gasteiger partial charge in [0.1, 0.15) is 12.3 Å². The van der Waals surface area contributed by atoms with E-state index in [4.69, 9.17) is 4.74 Å². The Morgan fingerprint density at radius 2 is 1.96 bits per heavy atom. The Bertz CT molecular complexity index is 1300. The lowest BCUT2D eigenvalue weighted by Gasteiger charge is -2.08. The number of hydrogen-bond donors (Lipinski definition) is 1. The highest BCUT2D eigenvalue weighted by atomic mass is 16.5. The van der Waals surface area contributed by atoms with Gasteiger partial charge in [-0.3, -0.25) is 14.0 Å². The van der Waals surface area contributed by atoms with Gasteiger partial charge in [0.15, 0.2) is 0 Å². The summed E-state index contributed by atoms with van der Waals surface area (Å²) in [5, 5.41) is 0.587. The third-order valence-electron chi connectivity index (χ3n) is 4.18. The maximum atomic E-state index is 12.5. The molecule has 4 aromatic rings. The number of benzene rings is 1. The minimum Gasteiger partial charge on any atom is -0.456 e. The van der Waals surface area contributed by atoms with E-state index >= 15 is 0 Å². The number of ether oxygens (including phenoxy) is 1. The topological polar surface area (TPSA) is 93.5 Å². The lowest BCUT2D eigenvalue weighted by Crippen LogP contribution is -2.17. The van der Waals surface area contributed by atoms with Crippen LogP contribution in [0.4, 0.5) is 0 Å². The molecule has 0 bridgehead atoms. The summed E-state index contributed by atoms with van der Waals surface area (Å²) in [6.45, 7) is 1.72. The standard InChI is InChI=1S/C20H15N3O4/c1-12-6-7-17-21-13(8-19(25)23(17)10-12)11-27-20(26)15-9-18(24)22-16-5-3-2-4-14(15)16/h2-10H,11H2,1H3,(H,22,24). The maximum Gasteiger partial charge on any atom is 0.339 e. The highest BCUT2D eigenvalue weighted by Gasteiger charge is 2.14. The fourth-order valence-corrected chi connectivity index (χ4v) is 2.92. The average molecular weight is 361 g/mol. The van der Waals surface area contributed by atoms with Crippen molar-refractivity contribution in [3.8, 4) is 0 Å². The first kappa shape index (κ1) is 16.7. The van der Waals surface area contributed by atoms with E-state index in [1.165, 1.54) is 16.5 Å². The van der Waals surface area contributed by atoms with Gasteiger partial charge in [0, 0.05) is 29.2 Å². The van der Waals surface area contributed by atoms with Crippen molar-refractivity contribution in [2.24, 2.45) is 0 Å². The number of para-hydroxylation sites is 1. The fourth-order valence-electron chi connectivity index (χ4n) is 2.92. The number of H-pyrrole nitrogens is 1. The molecule has 0 amide bonds. The van der Waals surface area contributed by atoms with E-state index in [0.717, 1.165) is 5.56 Å². The third kappa shape index (κ3) is 3.22. The molecule has 3 heterocycles. The van der Waals surface area contributed by atoms with Gasteiger partial charge >= 0.3 is 5.97 Å². The van der Waals surface area contributed by atoms with Gasteiger partial charge in [0.05, 0.1) is 11.3 Å². The number of aryl methyl sites for hydroxylation is 1. The van der Waals surface area contributed by atoms with Gasteiger partial charge in [-0.05, 0) is 24.6 Å². The molecule has 3 aromatic heterocycles. The van der Waals surface area contributed by atoms with E-state index in [1.807, 2.05) is 13.0 Å². The largest absolute Gasteiger partial charge is 0.456 e. The Labute approximate surface area is 152 Å².